The molecule has 2 aromatic rings. The summed E-state index contributed by atoms with van der Waals surface area (Å²) in [5, 5.41) is 19.0. The van der Waals surface area contributed by atoms with Gasteiger partial charge in [0.25, 0.3) is 5.69 Å². The molecule has 2 heterocycles. The van der Waals surface area contributed by atoms with Gasteiger partial charge in [-0.25, -0.2) is 9.78 Å². The third-order valence-electron chi connectivity index (χ3n) is 4.55. The van der Waals surface area contributed by atoms with Gasteiger partial charge in [-0.15, -0.1) is 11.3 Å². The Kier molecular flexibility index (Phi) is 7.36. The van der Waals surface area contributed by atoms with Gasteiger partial charge in [-0.2, -0.15) is 0 Å². The second-order valence-electron chi connectivity index (χ2n) is 7.36. The Bertz CT molecular complexity index is 1020. The van der Waals surface area contributed by atoms with Crippen molar-refractivity contribution in [1.29, 1.82) is 0 Å². The number of thiazole rings is 1. The third-order valence-corrected chi connectivity index (χ3v) is 5.46. The number of anilines is 1. The number of ether oxygens (including phenoxy) is 1. The van der Waals surface area contributed by atoms with Crippen molar-refractivity contribution in [2.75, 3.05) is 18.0 Å². The Balaban J connectivity index is 1.75. The Morgan fingerprint density at radius 3 is 2.78 bits per heavy atom. The predicted octanol–water partition coefficient (Wildman–Crippen LogP) is 2.32. The molecule has 32 heavy (non-hydrogen) atoms. The van der Waals surface area contributed by atoms with E-state index in [1.165, 1.54) is 34.4 Å². The van der Waals surface area contributed by atoms with E-state index in [0.29, 0.717) is 23.9 Å². The molecule has 0 aliphatic carbocycles. The zero-order valence-corrected chi connectivity index (χ0v) is 18.4. The summed E-state index contributed by atoms with van der Waals surface area (Å²) in [4.78, 5) is 53.4. The van der Waals surface area contributed by atoms with Crippen molar-refractivity contribution in [2.24, 2.45) is 0 Å². The molecule has 1 fully saturated rings. The molecule has 12 heteroatoms. The van der Waals surface area contributed by atoms with Crippen molar-refractivity contribution in [3.05, 3.63) is 51.0 Å². The van der Waals surface area contributed by atoms with Crippen LogP contribution in [0.1, 0.15) is 37.6 Å². The quantitative estimate of drug-likeness (QED) is 0.331. The second kappa shape index (κ2) is 10.2. The van der Waals surface area contributed by atoms with Gasteiger partial charge in [0.2, 0.25) is 5.91 Å². The maximum absolute atomic E-state index is 12.7. The first-order valence-electron chi connectivity index (χ1n) is 9.96. The van der Waals surface area contributed by atoms with E-state index < -0.39 is 22.8 Å². The number of nitrogens with zero attached hydrogens (tertiary/aromatic N) is 3. The van der Waals surface area contributed by atoms with Crippen LogP contribution in [0.25, 0.3) is 0 Å². The van der Waals surface area contributed by atoms with E-state index in [2.05, 4.69) is 15.6 Å². The highest BCUT2D eigenvalue weighted by molar-refractivity contribution is 7.14. The molecule has 11 nitrogen and oxygen atoms in total. The van der Waals surface area contributed by atoms with Crippen LogP contribution < -0.4 is 15.5 Å². The highest BCUT2D eigenvalue weighted by Gasteiger charge is 2.28. The average Bonchev–Trinajstić information content (AvgIpc) is 3.35. The number of nitro benzene ring substituents is 1. The molecule has 1 aromatic carbocycles. The summed E-state index contributed by atoms with van der Waals surface area (Å²) in [5.41, 5.74) is 0.457. The van der Waals surface area contributed by atoms with Gasteiger partial charge in [0.05, 0.1) is 41.2 Å². The number of amides is 3. The van der Waals surface area contributed by atoms with Crippen LogP contribution in [0, 0.1) is 10.1 Å². The van der Waals surface area contributed by atoms with E-state index in [4.69, 9.17) is 4.74 Å². The Morgan fingerprint density at radius 2 is 2.12 bits per heavy atom. The molecular weight excluding hydrogens is 438 g/mol. The number of aromatic nitrogens is 1. The van der Waals surface area contributed by atoms with Gasteiger partial charge in [-0.05, 0) is 13.8 Å². The van der Waals surface area contributed by atoms with Crippen LogP contribution in [-0.2, 0) is 20.7 Å². The molecule has 1 unspecified atom stereocenters. The number of nitrogens with one attached hydrogen (secondary N) is 2. The van der Waals surface area contributed by atoms with E-state index in [1.807, 2.05) is 0 Å². The predicted molar refractivity (Wildman–Crippen MR) is 116 cm³/mol. The summed E-state index contributed by atoms with van der Waals surface area (Å²) >= 11 is 1.24. The van der Waals surface area contributed by atoms with Gasteiger partial charge >= 0.3 is 12.0 Å². The smallest absolute Gasteiger partial charge is 0.323 e. The molecule has 0 saturated carbocycles. The standard InChI is InChI=1S/C20H23N5O6S/c1-12(2)31-18(27)10-15(14-5-3-4-6-16(14)25(29)30)23-17(26)9-13-11-32-20(22-13)24-8-7-21-19(24)28/h3-6,11-12,15H,7-10H2,1-2H3,(H,21,28)(H,23,26). The van der Waals surface area contributed by atoms with Crippen molar-refractivity contribution >= 4 is 40.1 Å². The van der Waals surface area contributed by atoms with Gasteiger partial charge in [-0.3, -0.25) is 24.6 Å². The highest BCUT2D eigenvalue weighted by Crippen LogP contribution is 2.28. The lowest BCUT2D eigenvalue weighted by Gasteiger charge is -2.19. The number of rotatable bonds is 9. The fourth-order valence-corrected chi connectivity index (χ4v) is 4.08. The molecule has 3 rings (SSSR count). The first kappa shape index (κ1) is 23.1. The Labute approximate surface area is 187 Å². The van der Waals surface area contributed by atoms with Gasteiger partial charge in [0.15, 0.2) is 5.13 Å². The largest absolute Gasteiger partial charge is 0.463 e. The molecule has 1 atom stereocenters. The third kappa shape index (κ3) is 5.78. The highest BCUT2D eigenvalue weighted by atomic mass is 32.1. The molecule has 2 N–H and O–H groups in total. The van der Waals surface area contributed by atoms with Crippen LogP contribution in [0.4, 0.5) is 15.6 Å². The van der Waals surface area contributed by atoms with E-state index in [-0.39, 0.29) is 36.2 Å². The first-order valence-corrected chi connectivity index (χ1v) is 10.8. The fraction of sp³-hybridized carbons (Fsp3) is 0.400. The van der Waals surface area contributed by atoms with Gasteiger partial charge in [-0.1, -0.05) is 18.2 Å². The van der Waals surface area contributed by atoms with Crippen molar-refractivity contribution in [2.45, 2.75) is 38.8 Å². The number of urea groups is 1. The van der Waals surface area contributed by atoms with Crippen LogP contribution >= 0.6 is 11.3 Å². The lowest BCUT2D eigenvalue weighted by atomic mass is 10.0. The monoisotopic (exact) mass is 461 g/mol. The number of hydrogen-bond donors (Lipinski definition) is 2. The van der Waals surface area contributed by atoms with Crippen LogP contribution in [0.15, 0.2) is 29.6 Å². The summed E-state index contributed by atoms with van der Waals surface area (Å²) in [6.07, 6.45) is -0.728. The molecule has 0 radical (unpaired) electrons. The van der Waals surface area contributed by atoms with Crippen molar-refractivity contribution in [3.63, 3.8) is 0 Å². The fourth-order valence-electron chi connectivity index (χ4n) is 3.23. The number of esters is 1. The summed E-state index contributed by atoms with van der Waals surface area (Å²) in [6, 6.07) is 4.74. The lowest BCUT2D eigenvalue weighted by molar-refractivity contribution is -0.385. The van der Waals surface area contributed by atoms with Gasteiger partial charge in [0.1, 0.15) is 0 Å². The molecule has 1 aliphatic rings. The molecule has 1 saturated heterocycles. The van der Waals surface area contributed by atoms with E-state index >= 15 is 0 Å². The number of benzene rings is 1. The molecule has 0 bridgehead atoms. The molecule has 1 aliphatic heterocycles. The summed E-state index contributed by atoms with van der Waals surface area (Å²) < 4.78 is 5.16. The molecular formula is C20H23N5O6S. The zero-order chi connectivity index (χ0) is 23.3. The van der Waals surface area contributed by atoms with Gasteiger partial charge < -0.3 is 15.4 Å². The summed E-state index contributed by atoms with van der Waals surface area (Å²) in [5.74, 6) is -1.05. The normalized spacial score (nSPS) is 14.2. The minimum Gasteiger partial charge on any atom is -0.463 e. The number of carbonyl (C=O) groups excluding carboxylic acids is 3. The van der Waals surface area contributed by atoms with E-state index in [9.17, 15) is 24.5 Å². The number of nitro groups is 1. The lowest BCUT2D eigenvalue weighted by Crippen LogP contribution is -2.32. The number of para-hydroxylation sites is 1. The van der Waals surface area contributed by atoms with Crippen LogP contribution in [0.5, 0.6) is 0 Å². The molecule has 3 amide bonds. The second-order valence-corrected chi connectivity index (χ2v) is 8.20. The Hall–Kier alpha value is -3.54. The first-order chi connectivity index (χ1) is 15.2. The maximum atomic E-state index is 12.7. The van der Waals surface area contributed by atoms with Gasteiger partial charge in [0, 0.05) is 24.5 Å². The average molecular weight is 462 g/mol. The number of carbonyl (C=O) groups is 3. The summed E-state index contributed by atoms with van der Waals surface area (Å²) in [7, 11) is 0. The Morgan fingerprint density at radius 1 is 1.38 bits per heavy atom. The maximum Gasteiger partial charge on any atom is 0.323 e. The molecule has 170 valence electrons. The van der Waals surface area contributed by atoms with Crippen LogP contribution in [0.3, 0.4) is 0 Å². The number of hydrogen-bond acceptors (Lipinski definition) is 8. The summed E-state index contributed by atoms with van der Waals surface area (Å²) in [6.45, 7) is 4.40. The molecule has 1 aromatic heterocycles. The van der Waals surface area contributed by atoms with Crippen LogP contribution in [-0.4, -0.2) is 47.0 Å². The topological polar surface area (TPSA) is 144 Å². The van der Waals surface area contributed by atoms with E-state index in [0.717, 1.165) is 0 Å². The SMILES string of the molecule is CC(C)OC(=O)CC(NC(=O)Cc1csc(N2CCNC2=O)n1)c1ccccc1[N+](=O)[O-]. The van der Waals surface area contributed by atoms with Crippen molar-refractivity contribution < 1.29 is 24.0 Å². The van der Waals surface area contributed by atoms with E-state index in [1.54, 1.807) is 25.3 Å². The zero-order valence-electron chi connectivity index (χ0n) is 17.6. The minimum atomic E-state index is -0.946. The van der Waals surface area contributed by atoms with Crippen LogP contribution in [0.2, 0.25) is 0 Å². The van der Waals surface area contributed by atoms with Crippen molar-refractivity contribution in [3.8, 4) is 0 Å². The molecule has 0 spiro atoms. The van der Waals surface area contributed by atoms with Crippen molar-refractivity contribution in [1.82, 2.24) is 15.6 Å². The minimum absolute atomic E-state index is 0.109.